The van der Waals surface area contributed by atoms with Gasteiger partial charge in [-0.05, 0) is 73.5 Å². The van der Waals surface area contributed by atoms with E-state index in [-0.39, 0.29) is 5.91 Å². The number of carbonyl (C=O) groups is 1. The first-order valence-electron chi connectivity index (χ1n) is 12.7. The Morgan fingerprint density at radius 3 is 1.71 bits per heavy atom. The number of anilines is 4. The van der Waals surface area contributed by atoms with Gasteiger partial charge in [0.25, 0.3) is 0 Å². The number of nitrogens with one attached hydrogen (secondary N) is 2. The average molecular weight is 501 g/mol. The number of unbranched alkanes of at least 4 members (excludes halogenated alkanes) is 1. The molecule has 0 unspecified atom stereocenters. The molecule has 4 aromatic carbocycles. The molecule has 2 heterocycles. The smallest absolute Gasteiger partial charge is 0.224 e. The number of aromatic nitrogens is 2. The average Bonchev–Trinajstić information content (AvgIpc) is 2.90. The monoisotopic (exact) mass is 500 g/mol. The molecule has 38 heavy (non-hydrogen) atoms. The molecule has 7 heteroatoms. The van der Waals surface area contributed by atoms with Crippen LogP contribution < -0.4 is 22.1 Å². The minimum atomic E-state index is -0.00422. The number of amides is 1. The van der Waals surface area contributed by atoms with E-state index < -0.39 is 0 Å². The summed E-state index contributed by atoms with van der Waals surface area (Å²) in [5, 5.41) is 10.7. The molecule has 0 saturated carbocycles. The maximum Gasteiger partial charge on any atom is 0.224 e. The summed E-state index contributed by atoms with van der Waals surface area (Å²) in [7, 11) is 0. The van der Waals surface area contributed by atoms with Crippen molar-refractivity contribution in [3.8, 4) is 0 Å². The van der Waals surface area contributed by atoms with Crippen LogP contribution in [0, 0.1) is 0 Å². The fourth-order valence-electron chi connectivity index (χ4n) is 4.73. The van der Waals surface area contributed by atoms with Gasteiger partial charge in [-0.1, -0.05) is 24.3 Å². The van der Waals surface area contributed by atoms with Gasteiger partial charge < -0.3 is 22.1 Å². The number of carbonyl (C=O) groups excluding carboxylic acids is 1. The summed E-state index contributed by atoms with van der Waals surface area (Å²) in [6.07, 6.45) is 2.11. The molecule has 6 rings (SSSR count). The molecule has 188 valence electrons. The molecular weight excluding hydrogens is 472 g/mol. The van der Waals surface area contributed by atoms with E-state index in [4.69, 9.17) is 21.4 Å². The molecule has 0 atom stereocenters. The quantitative estimate of drug-likeness (QED) is 0.113. The fourth-order valence-corrected chi connectivity index (χ4v) is 4.73. The summed E-state index contributed by atoms with van der Waals surface area (Å²) in [4.78, 5) is 22.0. The maximum atomic E-state index is 12.5. The van der Waals surface area contributed by atoms with E-state index in [2.05, 4.69) is 41.0 Å². The molecule has 0 saturated heterocycles. The third-order valence-corrected chi connectivity index (χ3v) is 6.72. The second-order valence-corrected chi connectivity index (χ2v) is 9.63. The van der Waals surface area contributed by atoms with Gasteiger partial charge in [-0.2, -0.15) is 0 Å². The largest absolute Gasteiger partial charge is 0.399 e. The first-order valence-corrected chi connectivity index (χ1v) is 12.7. The standard InChI is InChI=1S/C31H28N6O/c32-23-8-4-19-13-21-6-10-25(17-29(21)36-27(19)15-23)34-12-2-1-3-31(38)35-26-11-7-22-14-20-5-9-24(33)16-28(20)37-30(22)18-26/h4-11,13-18,34H,1-3,12,32-33H2,(H,35,38). The van der Waals surface area contributed by atoms with Crippen LogP contribution in [-0.2, 0) is 4.79 Å². The Morgan fingerprint density at radius 2 is 1.11 bits per heavy atom. The van der Waals surface area contributed by atoms with Crippen molar-refractivity contribution in [3.05, 3.63) is 84.9 Å². The van der Waals surface area contributed by atoms with Crippen LogP contribution in [0.5, 0.6) is 0 Å². The van der Waals surface area contributed by atoms with Gasteiger partial charge in [-0.15, -0.1) is 0 Å². The second kappa shape index (κ2) is 9.86. The molecule has 0 bridgehead atoms. The van der Waals surface area contributed by atoms with E-state index >= 15 is 0 Å². The molecule has 1 amide bonds. The van der Waals surface area contributed by atoms with Crippen molar-refractivity contribution < 1.29 is 4.79 Å². The van der Waals surface area contributed by atoms with Gasteiger partial charge in [0.15, 0.2) is 0 Å². The predicted octanol–water partition coefficient (Wildman–Crippen LogP) is 6.47. The summed E-state index contributed by atoms with van der Waals surface area (Å²) in [6, 6.07) is 27.7. The van der Waals surface area contributed by atoms with Crippen molar-refractivity contribution in [3.63, 3.8) is 0 Å². The number of nitrogens with zero attached hydrogens (tertiary/aromatic N) is 2. The van der Waals surface area contributed by atoms with Crippen LogP contribution in [0.4, 0.5) is 22.7 Å². The van der Waals surface area contributed by atoms with Crippen LogP contribution in [0.15, 0.2) is 84.9 Å². The number of nitrogens with two attached hydrogens (primary N) is 2. The predicted molar refractivity (Wildman–Crippen MR) is 158 cm³/mol. The summed E-state index contributed by atoms with van der Waals surface area (Å²) in [5.41, 5.74) is 18.4. The number of benzene rings is 4. The molecule has 0 fully saturated rings. The first-order chi connectivity index (χ1) is 18.5. The van der Waals surface area contributed by atoms with Gasteiger partial charge in [0.05, 0.1) is 22.1 Å². The topological polar surface area (TPSA) is 119 Å². The summed E-state index contributed by atoms with van der Waals surface area (Å²) < 4.78 is 0. The zero-order valence-corrected chi connectivity index (χ0v) is 20.9. The maximum absolute atomic E-state index is 12.5. The highest BCUT2D eigenvalue weighted by atomic mass is 16.1. The Balaban J connectivity index is 1.02. The Labute approximate surface area is 219 Å². The van der Waals surface area contributed by atoms with E-state index in [1.807, 2.05) is 54.6 Å². The zero-order chi connectivity index (χ0) is 26.1. The van der Waals surface area contributed by atoms with Crippen LogP contribution in [0.25, 0.3) is 43.6 Å². The zero-order valence-electron chi connectivity index (χ0n) is 20.9. The van der Waals surface area contributed by atoms with Gasteiger partial charge in [-0.3, -0.25) is 4.79 Å². The number of fused-ring (bicyclic) bond motifs is 4. The first kappa shape index (κ1) is 23.5. The van der Waals surface area contributed by atoms with Crippen molar-refractivity contribution in [2.24, 2.45) is 0 Å². The molecule has 0 radical (unpaired) electrons. The van der Waals surface area contributed by atoms with Crippen molar-refractivity contribution in [2.45, 2.75) is 19.3 Å². The molecule has 2 aromatic heterocycles. The minimum Gasteiger partial charge on any atom is -0.399 e. The third kappa shape index (κ3) is 4.99. The van der Waals surface area contributed by atoms with Gasteiger partial charge >= 0.3 is 0 Å². The van der Waals surface area contributed by atoms with E-state index in [0.717, 1.165) is 74.4 Å². The summed E-state index contributed by atoms with van der Waals surface area (Å²) >= 11 is 0. The van der Waals surface area contributed by atoms with Crippen LogP contribution >= 0.6 is 0 Å². The van der Waals surface area contributed by atoms with Crippen molar-refractivity contribution in [2.75, 3.05) is 28.6 Å². The van der Waals surface area contributed by atoms with Crippen LogP contribution in [0.3, 0.4) is 0 Å². The van der Waals surface area contributed by atoms with E-state index in [1.54, 1.807) is 0 Å². The van der Waals surface area contributed by atoms with E-state index in [9.17, 15) is 4.79 Å². The molecule has 0 aliphatic rings. The SMILES string of the molecule is Nc1ccc2cc3ccc(NCCCCC(=O)Nc4ccc5cc6ccc(N)cc6nc5c4)cc3nc2c1. The Bertz CT molecular complexity index is 1830. The van der Waals surface area contributed by atoms with Gasteiger partial charge in [-0.25, -0.2) is 9.97 Å². The van der Waals surface area contributed by atoms with E-state index in [1.165, 1.54) is 0 Å². The number of nitrogen functional groups attached to an aromatic ring is 2. The lowest BCUT2D eigenvalue weighted by Crippen LogP contribution is -2.12. The van der Waals surface area contributed by atoms with Gasteiger partial charge in [0.1, 0.15) is 0 Å². The number of rotatable bonds is 7. The van der Waals surface area contributed by atoms with Crippen molar-refractivity contribution >= 4 is 72.3 Å². The van der Waals surface area contributed by atoms with Crippen molar-refractivity contribution in [1.82, 2.24) is 9.97 Å². The van der Waals surface area contributed by atoms with Gasteiger partial charge in [0.2, 0.25) is 5.91 Å². The molecule has 0 aliphatic heterocycles. The second-order valence-electron chi connectivity index (χ2n) is 9.63. The molecule has 0 aliphatic carbocycles. The fraction of sp³-hybridized carbons (Fsp3) is 0.129. The van der Waals surface area contributed by atoms with Crippen LogP contribution in [0.1, 0.15) is 19.3 Å². The van der Waals surface area contributed by atoms with Crippen LogP contribution in [0.2, 0.25) is 0 Å². The molecule has 6 N–H and O–H groups in total. The summed E-state index contributed by atoms with van der Waals surface area (Å²) in [5.74, 6) is -0.00422. The van der Waals surface area contributed by atoms with Crippen molar-refractivity contribution in [1.29, 1.82) is 0 Å². The normalized spacial score (nSPS) is 11.4. The lowest BCUT2D eigenvalue weighted by atomic mass is 10.1. The Hall–Kier alpha value is -4.91. The number of pyridine rings is 2. The van der Waals surface area contributed by atoms with Crippen LogP contribution in [-0.4, -0.2) is 22.4 Å². The van der Waals surface area contributed by atoms with Gasteiger partial charge in [0, 0.05) is 57.3 Å². The summed E-state index contributed by atoms with van der Waals surface area (Å²) in [6.45, 7) is 0.773. The highest BCUT2D eigenvalue weighted by Gasteiger charge is 2.06. The highest BCUT2D eigenvalue weighted by molar-refractivity contribution is 5.98. The number of hydrogen-bond acceptors (Lipinski definition) is 6. The third-order valence-electron chi connectivity index (χ3n) is 6.72. The Morgan fingerprint density at radius 1 is 0.605 bits per heavy atom. The van der Waals surface area contributed by atoms with E-state index in [0.29, 0.717) is 17.8 Å². The molecular formula is C31H28N6O. The lowest BCUT2D eigenvalue weighted by molar-refractivity contribution is -0.116. The molecule has 6 aromatic rings. The highest BCUT2D eigenvalue weighted by Crippen LogP contribution is 2.25. The molecule has 7 nitrogen and oxygen atoms in total. The molecule has 0 spiro atoms. The Kier molecular flexibility index (Phi) is 6.09. The lowest BCUT2D eigenvalue weighted by Gasteiger charge is -2.09. The minimum absolute atomic E-state index is 0.00422. The number of hydrogen-bond donors (Lipinski definition) is 4.